The van der Waals surface area contributed by atoms with Gasteiger partial charge < -0.3 is 36.7 Å². The normalized spacial score (nSPS) is 13.1. The van der Waals surface area contributed by atoms with Crippen LogP contribution < -0.4 is 21.7 Å². The maximum atomic E-state index is 11.8. The highest BCUT2D eigenvalue weighted by Crippen LogP contribution is 2.19. The summed E-state index contributed by atoms with van der Waals surface area (Å²) in [5.41, 5.74) is 5.35. The molecule has 11 heteroatoms. The molecule has 0 fully saturated rings. The van der Waals surface area contributed by atoms with Crippen molar-refractivity contribution in [1.82, 2.24) is 16.0 Å². The van der Waals surface area contributed by atoms with Gasteiger partial charge in [-0.05, 0) is 26.4 Å². The molecule has 0 saturated carbocycles. The van der Waals surface area contributed by atoms with Gasteiger partial charge in [0.15, 0.2) is 0 Å². The van der Waals surface area contributed by atoms with Gasteiger partial charge in [0.2, 0.25) is 11.8 Å². The van der Waals surface area contributed by atoms with E-state index in [1.165, 1.54) is 0 Å². The Hall–Kier alpha value is -1.40. The largest absolute Gasteiger partial charge is 0.396 e. The SMILES string of the molecule is C/C(CSCCNC(=O)CCNC(=O)[C@@H](O)C(C)(C)CO)=N\OCCNCCCN. The third-order valence-electron chi connectivity index (χ3n) is 4.08. The summed E-state index contributed by atoms with van der Waals surface area (Å²) in [4.78, 5) is 28.8. The van der Waals surface area contributed by atoms with E-state index in [4.69, 9.17) is 15.7 Å². The second-order valence-corrected chi connectivity index (χ2v) is 8.65. The van der Waals surface area contributed by atoms with Gasteiger partial charge in [-0.3, -0.25) is 9.59 Å². The first-order valence-corrected chi connectivity index (χ1v) is 11.4. The molecule has 0 aliphatic heterocycles. The molecule has 10 nitrogen and oxygen atoms in total. The number of nitrogens with one attached hydrogen (secondary N) is 3. The molecular formula is C19H39N5O5S. The molecule has 0 unspecified atom stereocenters. The lowest BCUT2D eigenvalue weighted by molar-refractivity contribution is -0.137. The van der Waals surface area contributed by atoms with E-state index in [0.717, 1.165) is 31.0 Å². The number of nitrogens with zero attached hydrogens (tertiary/aromatic N) is 1. The molecule has 0 radical (unpaired) electrons. The van der Waals surface area contributed by atoms with Crippen LogP contribution in [0.4, 0.5) is 0 Å². The first-order valence-electron chi connectivity index (χ1n) is 10.2. The Kier molecular flexibility index (Phi) is 16.5. The fourth-order valence-corrected chi connectivity index (χ4v) is 2.80. The number of rotatable bonds is 18. The van der Waals surface area contributed by atoms with Crippen LogP contribution in [0, 0.1) is 5.41 Å². The van der Waals surface area contributed by atoms with Crippen molar-refractivity contribution in [3.05, 3.63) is 0 Å². The van der Waals surface area contributed by atoms with Crippen LogP contribution in [0.2, 0.25) is 0 Å². The van der Waals surface area contributed by atoms with Gasteiger partial charge in [0.1, 0.15) is 12.7 Å². The van der Waals surface area contributed by atoms with Crippen molar-refractivity contribution in [1.29, 1.82) is 0 Å². The van der Waals surface area contributed by atoms with Crippen LogP contribution in [-0.2, 0) is 14.4 Å². The van der Waals surface area contributed by atoms with Crippen LogP contribution in [0.25, 0.3) is 0 Å². The third-order valence-corrected chi connectivity index (χ3v) is 5.19. The summed E-state index contributed by atoms with van der Waals surface area (Å²) in [5, 5.41) is 31.5. The van der Waals surface area contributed by atoms with Crippen LogP contribution in [0.15, 0.2) is 5.16 Å². The highest BCUT2D eigenvalue weighted by Gasteiger charge is 2.32. The molecule has 0 aliphatic rings. The molecule has 0 aliphatic carbocycles. The minimum Gasteiger partial charge on any atom is -0.396 e. The molecule has 1 atom stereocenters. The smallest absolute Gasteiger partial charge is 0.249 e. The van der Waals surface area contributed by atoms with Crippen LogP contribution in [0.3, 0.4) is 0 Å². The van der Waals surface area contributed by atoms with E-state index in [9.17, 15) is 14.7 Å². The fraction of sp³-hybridized carbons (Fsp3) is 0.842. The molecule has 176 valence electrons. The average molecular weight is 450 g/mol. The minimum atomic E-state index is -1.33. The molecule has 0 aromatic rings. The zero-order chi connectivity index (χ0) is 22.8. The number of carbonyl (C=O) groups excluding carboxylic acids is 2. The number of thioether (sulfide) groups is 1. The molecule has 7 N–H and O–H groups in total. The number of oxime groups is 1. The van der Waals surface area contributed by atoms with Crippen molar-refractivity contribution in [2.45, 2.75) is 39.7 Å². The zero-order valence-electron chi connectivity index (χ0n) is 18.4. The van der Waals surface area contributed by atoms with Crippen LogP contribution in [0.5, 0.6) is 0 Å². The van der Waals surface area contributed by atoms with E-state index in [1.807, 2.05) is 6.92 Å². The van der Waals surface area contributed by atoms with Gasteiger partial charge in [-0.2, -0.15) is 11.8 Å². The van der Waals surface area contributed by atoms with Crippen LogP contribution >= 0.6 is 11.8 Å². The molecule has 0 bridgehead atoms. The number of aliphatic hydroxyl groups excluding tert-OH is 2. The maximum Gasteiger partial charge on any atom is 0.249 e. The third kappa shape index (κ3) is 14.6. The van der Waals surface area contributed by atoms with Gasteiger partial charge in [-0.25, -0.2) is 0 Å². The number of amides is 2. The summed E-state index contributed by atoms with van der Waals surface area (Å²) in [6.07, 6.45) is -0.268. The minimum absolute atomic E-state index is 0.121. The summed E-state index contributed by atoms with van der Waals surface area (Å²) < 4.78 is 0. The van der Waals surface area contributed by atoms with Crippen molar-refractivity contribution in [3.8, 4) is 0 Å². The molecule has 2 amide bonds. The van der Waals surface area contributed by atoms with Crippen molar-refractivity contribution in [2.75, 3.05) is 57.4 Å². The molecule has 0 aromatic carbocycles. The van der Waals surface area contributed by atoms with E-state index >= 15 is 0 Å². The quantitative estimate of drug-likeness (QED) is 0.0888. The Morgan fingerprint density at radius 3 is 2.60 bits per heavy atom. The van der Waals surface area contributed by atoms with Gasteiger partial charge >= 0.3 is 0 Å². The summed E-state index contributed by atoms with van der Waals surface area (Å²) in [7, 11) is 0. The number of carbonyl (C=O) groups is 2. The molecule has 0 aromatic heterocycles. The lowest BCUT2D eigenvalue weighted by Gasteiger charge is -2.27. The Balaban J connectivity index is 3.71. The van der Waals surface area contributed by atoms with Gasteiger partial charge in [-0.15, -0.1) is 0 Å². The topological polar surface area (TPSA) is 158 Å². The summed E-state index contributed by atoms with van der Waals surface area (Å²) >= 11 is 1.63. The first-order chi connectivity index (χ1) is 14.2. The van der Waals surface area contributed by atoms with Crippen molar-refractivity contribution >= 4 is 29.3 Å². The van der Waals surface area contributed by atoms with Gasteiger partial charge in [0.05, 0.1) is 12.3 Å². The molecular weight excluding hydrogens is 410 g/mol. The lowest BCUT2D eigenvalue weighted by Crippen LogP contribution is -2.46. The second kappa shape index (κ2) is 17.3. The summed E-state index contributed by atoms with van der Waals surface area (Å²) in [6.45, 7) is 8.17. The number of aliphatic hydroxyl groups is 2. The summed E-state index contributed by atoms with van der Waals surface area (Å²) in [5.74, 6) is 0.670. The molecule has 0 spiro atoms. The Labute approximate surface area is 183 Å². The van der Waals surface area contributed by atoms with E-state index in [0.29, 0.717) is 25.4 Å². The number of hydrogen-bond acceptors (Lipinski definition) is 9. The molecule has 0 rings (SSSR count). The molecule has 0 heterocycles. The van der Waals surface area contributed by atoms with E-state index in [-0.39, 0.29) is 25.5 Å². The Morgan fingerprint density at radius 2 is 1.93 bits per heavy atom. The second-order valence-electron chi connectivity index (χ2n) is 7.54. The first kappa shape index (κ1) is 28.6. The van der Waals surface area contributed by atoms with E-state index < -0.39 is 17.4 Å². The van der Waals surface area contributed by atoms with E-state index in [1.54, 1.807) is 25.6 Å². The van der Waals surface area contributed by atoms with Crippen LogP contribution in [0.1, 0.15) is 33.6 Å². The van der Waals surface area contributed by atoms with Crippen molar-refractivity contribution in [3.63, 3.8) is 0 Å². The number of nitrogens with two attached hydrogens (primary N) is 1. The van der Waals surface area contributed by atoms with E-state index in [2.05, 4.69) is 21.1 Å². The van der Waals surface area contributed by atoms with Gasteiger partial charge in [0.25, 0.3) is 0 Å². The van der Waals surface area contributed by atoms with Crippen molar-refractivity contribution < 1.29 is 24.6 Å². The predicted molar refractivity (Wildman–Crippen MR) is 120 cm³/mol. The number of hydrogen-bond donors (Lipinski definition) is 6. The zero-order valence-corrected chi connectivity index (χ0v) is 19.2. The average Bonchev–Trinajstić information content (AvgIpc) is 2.72. The highest BCUT2D eigenvalue weighted by atomic mass is 32.2. The predicted octanol–water partition coefficient (Wildman–Crippen LogP) is -0.948. The monoisotopic (exact) mass is 449 g/mol. The highest BCUT2D eigenvalue weighted by molar-refractivity contribution is 7.99. The standard InChI is InChI=1S/C19H39N5O5S/c1-15(24-29-11-9-21-7-4-6-20)13-30-12-10-22-16(26)5-8-23-18(28)17(27)19(2,3)14-25/h17,21,25,27H,4-14,20H2,1-3H3,(H,22,26)(H,23,28)/b24-15+/t17-/m1/s1. The summed E-state index contributed by atoms with van der Waals surface area (Å²) in [6, 6.07) is 0. The lowest BCUT2D eigenvalue weighted by atomic mass is 9.87. The fourth-order valence-electron chi connectivity index (χ4n) is 2.06. The van der Waals surface area contributed by atoms with Gasteiger partial charge in [-0.1, -0.05) is 19.0 Å². The van der Waals surface area contributed by atoms with Gasteiger partial charge in [0, 0.05) is 43.0 Å². The maximum absolute atomic E-state index is 11.8. The Bertz CT molecular complexity index is 520. The molecule has 30 heavy (non-hydrogen) atoms. The molecule has 0 saturated heterocycles. The van der Waals surface area contributed by atoms with Crippen molar-refractivity contribution in [2.24, 2.45) is 16.3 Å². The Morgan fingerprint density at radius 1 is 1.20 bits per heavy atom. The van der Waals surface area contributed by atoms with Crippen LogP contribution in [-0.4, -0.2) is 91.3 Å².